The van der Waals surface area contributed by atoms with E-state index in [1.165, 1.54) is 0 Å². The standard InChI is InChI=1S/C23H21N5O2/c1-13-4-3-5-18(25-13)14(2)21-11-16-10-17-20(12-19(16)26-23(29)30-21)27-28-22(17)15-6-8-24-9-7-15/h3-10,12,14,21H,11H2,1-2H3,(H,26,29)(H,27,28)/t14-,21?/m1/s1. The molecule has 2 atom stereocenters. The van der Waals surface area contributed by atoms with Gasteiger partial charge in [-0.1, -0.05) is 13.0 Å². The number of nitrogens with zero attached hydrogens (tertiary/aromatic N) is 3. The maximum absolute atomic E-state index is 12.4. The topological polar surface area (TPSA) is 92.8 Å². The van der Waals surface area contributed by atoms with Crippen LogP contribution in [0.2, 0.25) is 0 Å². The first-order chi connectivity index (χ1) is 14.6. The van der Waals surface area contributed by atoms with E-state index in [0.29, 0.717) is 6.42 Å². The van der Waals surface area contributed by atoms with Crippen molar-refractivity contribution < 1.29 is 9.53 Å². The van der Waals surface area contributed by atoms with E-state index < -0.39 is 6.09 Å². The molecule has 7 nitrogen and oxygen atoms in total. The van der Waals surface area contributed by atoms with E-state index in [4.69, 9.17) is 4.74 Å². The third kappa shape index (κ3) is 3.28. The fourth-order valence-electron chi connectivity index (χ4n) is 3.95. The molecule has 0 saturated carbocycles. The number of H-pyrrole nitrogens is 1. The Morgan fingerprint density at radius 3 is 2.80 bits per heavy atom. The van der Waals surface area contributed by atoms with Crippen molar-refractivity contribution in [1.29, 1.82) is 0 Å². The van der Waals surface area contributed by atoms with E-state index >= 15 is 0 Å². The largest absolute Gasteiger partial charge is 0.445 e. The normalized spacial score (nSPS) is 17.0. The molecule has 1 amide bonds. The molecular formula is C23H21N5O2. The first-order valence-corrected chi connectivity index (χ1v) is 9.91. The molecule has 5 rings (SSSR count). The summed E-state index contributed by atoms with van der Waals surface area (Å²) >= 11 is 0. The minimum absolute atomic E-state index is 0.0404. The maximum Gasteiger partial charge on any atom is 0.411 e. The fourth-order valence-corrected chi connectivity index (χ4v) is 3.95. The van der Waals surface area contributed by atoms with E-state index in [9.17, 15) is 4.79 Å². The third-order valence-electron chi connectivity index (χ3n) is 5.59. The summed E-state index contributed by atoms with van der Waals surface area (Å²) in [6.07, 6.45) is 3.31. The summed E-state index contributed by atoms with van der Waals surface area (Å²) in [5.41, 5.74) is 6.31. The van der Waals surface area contributed by atoms with Crippen molar-refractivity contribution >= 4 is 22.7 Å². The van der Waals surface area contributed by atoms with Crippen LogP contribution >= 0.6 is 0 Å². The molecule has 7 heteroatoms. The summed E-state index contributed by atoms with van der Waals surface area (Å²) in [5, 5.41) is 11.4. The van der Waals surface area contributed by atoms with Gasteiger partial charge in [0.05, 0.1) is 5.52 Å². The average Bonchev–Trinajstić information content (AvgIpc) is 3.08. The van der Waals surface area contributed by atoms with Gasteiger partial charge in [0.15, 0.2) is 0 Å². The Morgan fingerprint density at radius 2 is 2.00 bits per heavy atom. The highest BCUT2D eigenvalue weighted by Crippen LogP contribution is 2.34. The molecule has 0 spiro atoms. The number of cyclic esters (lactones) is 1. The number of aryl methyl sites for hydroxylation is 1. The summed E-state index contributed by atoms with van der Waals surface area (Å²) in [4.78, 5) is 21.1. The van der Waals surface area contributed by atoms with Crippen LogP contribution < -0.4 is 5.32 Å². The van der Waals surface area contributed by atoms with Gasteiger partial charge < -0.3 is 4.74 Å². The number of pyridine rings is 2. The summed E-state index contributed by atoms with van der Waals surface area (Å²) < 4.78 is 5.74. The summed E-state index contributed by atoms with van der Waals surface area (Å²) in [6.45, 7) is 4.01. The van der Waals surface area contributed by atoms with Gasteiger partial charge in [-0.2, -0.15) is 5.10 Å². The fraction of sp³-hybridized carbons (Fsp3) is 0.217. The number of benzene rings is 1. The van der Waals surface area contributed by atoms with Crippen molar-refractivity contribution in [3.63, 3.8) is 0 Å². The van der Waals surface area contributed by atoms with Crippen LogP contribution in [0, 0.1) is 6.92 Å². The Labute approximate surface area is 173 Å². The second kappa shape index (κ2) is 7.26. The zero-order valence-corrected chi connectivity index (χ0v) is 16.7. The lowest BCUT2D eigenvalue weighted by molar-refractivity contribution is 0.0982. The molecule has 3 aromatic heterocycles. The van der Waals surface area contributed by atoms with Crippen LogP contribution in [0.25, 0.3) is 22.2 Å². The van der Waals surface area contributed by atoms with Gasteiger partial charge in [-0.25, -0.2) is 4.79 Å². The van der Waals surface area contributed by atoms with Crippen LogP contribution in [0.15, 0.2) is 54.9 Å². The number of rotatable bonds is 3. The molecule has 150 valence electrons. The Bertz CT molecular complexity index is 1240. The predicted octanol–water partition coefficient (Wildman–Crippen LogP) is 4.61. The molecule has 0 saturated heterocycles. The lowest BCUT2D eigenvalue weighted by Gasteiger charge is -2.22. The average molecular weight is 399 g/mol. The highest BCUT2D eigenvalue weighted by atomic mass is 16.6. The van der Waals surface area contributed by atoms with Crippen molar-refractivity contribution in [2.45, 2.75) is 32.3 Å². The number of carbonyl (C=O) groups excluding carboxylic acids is 1. The van der Waals surface area contributed by atoms with Crippen LogP contribution in [0.1, 0.15) is 29.8 Å². The summed E-state index contributed by atoms with van der Waals surface area (Å²) in [5.74, 6) is -0.0404. The first-order valence-electron chi connectivity index (χ1n) is 9.91. The quantitative estimate of drug-likeness (QED) is 0.525. The second-order valence-corrected chi connectivity index (χ2v) is 7.63. The number of fused-ring (bicyclic) bond motifs is 2. The monoisotopic (exact) mass is 399 g/mol. The molecule has 0 bridgehead atoms. The number of hydrogen-bond acceptors (Lipinski definition) is 5. The van der Waals surface area contributed by atoms with Crippen LogP contribution in [-0.4, -0.2) is 32.4 Å². The Hall–Kier alpha value is -3.74. The van der Waals surface area contributed by atoms with Gasteiger partial charge in [0.2, 0.25) is 0 Å². The third-order valence-corrected chi connectivity index (χ3v) is 5.59. The number of amides is 1. The number of carbonyl (C=O) groups is 1. The molecule has 4 aromatic rings. The zero-order chi connectivity index (χ0) is 20.7. The van der Waals surface area contributed by atoms with Gasteiger partial charge in [-0.15, -0.1) is 0 Å². The van der Waals surface area contributed by atoms with E-state index in [1.54, 1.807) is 12.4 Å². The molecule has 30 heavy (non-hydrogen) atoms. The smallest absolute Gasteiger partial charge is 0.411 e. The lowest BCUT2D eigenvalue weighted by Crippen LogP contribution is -2.26. The highest BCUT2D eigenvalue weighted by molar-refractivity contribution is 5.98. The van der Waals surface area contributed by atoms with Gasteiger partial charge in [0.25, 0.3) is 0 Å². The van der Waals surface area contributed by atoms with Crippen molar-refractivity contribution in [3.05, 3.63) is 71.8 Å². The van der Waals surface area contributed by atoms with E-state index in [2.05, 4.69) is 31.5 Å². The Balaban J connectivity index is 1.55. The van der Waals surface area contributed by atoms with E-state index in [1.807, 2.05) is 50.2 Å². The molecular weight excluding hydrogens is 378 g/mol. The van der Waals surface area contributed by atoms with Crippen molar-refractivity contribution in [1.82, 2.24) is 20.2 Å². The Morgan fingerprint density at radius 1 is 1.17 bits per heavy atom. The molecule has 1 aliphatic rings. The maximum atomic E-state index is 12.4. The molecule has 1 aliphatic heterocycles. The lowest BCUT2D eigenvalue weighted by atomic mass is 9.92. The molecule has 1 aromatic carbocycles. The van der Waals surface area contributed by atoms with Gasteiger partial charge in [0.1, 0.15) is 11.8 Å². The van der Waals surface area contributed by atoms with Crippen molar-refractivity contribution in [2.75, 3.05) is 5.32 Å². The Kier molecular flexibility index (Phi) is 4.43. The van der Waals surface area contributed by atoms with E-state index in [0.717, 1.165) is 44.8 Å². The van der Waals surface area contributed by atoms with Gasteiger partial charge in [-0.05, 0) is 48.9 Å². The van der Waals surface area contributed by atoms with Crippen LogP contribution in [-0.2, 0) is 11.2 Å². The number of aromatic amines is 1. The van der Waals surface area contributed by atoms with E-state index in [-0.39, 0.29) is 12.0 Å². The minimum atomic E-state index is -0.452. The van der Waals surface area contributed by atoms with Gasteiger partial charge in [-0.3, -0.25) is 20.4 Å². The van der Waals surface area contributed by atoms with Crippen LogP contribution in [0.3, 0.4) is 0 Å². The number of hydrogen-bond donors (Lipinski definition) is 2. The van der Waals surface area contributed by atoms with Crippen molar-refractivity contribution in [3.8, 4) is 11.3 Å². The second-order valence-electron chi connectivity index (χ2n) is 7.63. The zero-order valence-electron chi connectivity index (χ0n) is 16.7. The van der Waals surface area contributed by atoms with Crippen LogP contribution in [0.5, 0.6) is 0 Å². The predicted molar refractivity (Wildman–Crippen MR) is 114 cm³/mol. The summed E-state index contributed by atoms with van der Waals surface area (Å²) in [7, 11) is 0. The van der Waals surface area contributed by atoms with Gasteiger partial charge >= 0.3 is 6.09 Å². The highest BCUT2D eigenvalue weighted by Gasteiger charge is 2.29. The number of nitrogens with one attached hydrogen (secondary N) is 2. The number of anilines is 1. The molecule has 0 aliphatic carbocycles. The molecule has 4 heterocycles. The first kappa shape index (κ1) is 18.3. The number of ether oxygens (including phenoxy) is 1. The molecule has 0 fully saturated rings. The SMILES string of the molecule is Cc1cccc([C@@H](C)C2Cc3cc4c(-c5ccncc5)n[nH]c4cc3NC(=O)O2)n1. The van der Waals surface area contributed by atoms with Gasteiger partial charge in [0, 0.05) is 52.8 Å². The van der Waals surface area contributed by atoms with Crippen molar-refractivity contribution in [2.24, 2.45) is 0 Å². The minimum Gasteiger partial charge on any atom is -0.445 e. The molecule has 2 N–H and O–H groups in total. The molecule has 0 radical (unpaired) electrons. The van der Waals surface area contributed by atoms with Crippen LogP contribution in [0.4, 0.5) is 10.5 Å². The summed E-state index contributed by atoms with van der Waals surface area (Å²) in [6, 6.07) is 13.8. The number of aromatic nitrogens is 4. The molecule has 1 unspecified atom stereocenters.